The van der Waals surface area contributed by atoms with Gasteiger partial charge in [0, 0.05) is 6.54 Å². The maximum Gasteiger partial charge on any atom is 0.248 e. The van der Waals surface area contributed by atoms with Gasteiger partial charge in [0.15, 0.2) is 0 Å². The molecule has 1 aliphatic heterocycles. The number of carbonyl (C=O) groups excluding carboxylic acids is 2. The number of nitrogens with zero attached hydrogens (tertiary/aromatic N) is 1. The van der Waals surface area contributed by atoms with Gasteiger partial charge < -0.3 is 10.2 Å². The number of piperazine rings is 1. The lowest BCUT2D eigenvalue weighted by Gasteiger charge is -2.50. The van der Waals surface area contributed by atoms with Gasteiger partial charge in [-0.3, -0.25) is 9.59 Å². The van der Waals surface area contributed by atoms with Crippen molar-refractivity contribution >= 4 is 11.8 Å². The number of carbonyl (C=O) groups is 2. The van der Waals surface area contributed by atoms with Crippen LogP contribution in [0.3, 0.4) is 0 Å². The SMILES string of the molecule is CCC1(C)NC(=O)C(C)(C2CC2)N(CCCC(C)C)C1=O. The fourth-order valence-corrected chi connectivity index (χ4v) is 3.34. The summed E-state index contributed by atoms with van der Waals surface area (Å²) in [6.45, 7) is 10.9. The third kappa shape index (κ3) is 2.82. The van der Waals surface area contributed by atoms with Gasteiger partial charge in [0.05, 0.1) is 0 Å². The molecular formula is C17H30N2O2. The molecule has 0 bridgehead atoms. The van der Waals surface area contributed by atoms with E-state index < -0.39 is 11.1 Å². The maximum atomic E-state index is 13.0. The van der Waals surface area contributed by atoms with Gasteiger partial charge in [0.25, 0.3) is 0 Å². The van der Waals surface area contributed by atoms with Crippen LogP contribution in [0.2, 0.25) is 0 Å². The second kappa shape index (κ2) is 5.62. The molecule has 4 nitrogen and oxygen atoms in total. The Bertz CT molecular complexity index is 431. The monoisotopic (exact) mass is 294 g/mol. The highest BCUT2D eigenvalue weighted by atomic mass is 16.2. The molecule has 2 unspecified atom stereocenters. The van der Waals surface area contributed by atoms with Gasteiger partial charge in [-0.25, -0.2) is 0 Å². The zero-order valence-electron chi connectivity index (χ0n) is 14.2. The normalized spacial score (nSPS) is 33.5. The standard InChI is InChI=1S/C17H30N2O2/c1-6-16(4)15(21)19(11-7-8-12(2)3)17(5,13-9-10-13)14(20)18-16/h12-13H,6-11H2,1-5H3,(H,18,20). The van der Waals surface area contributed by atoms with Crippen LogP contribution in [0.1, 0.15) is 66.7 Å². The zero-order valence-corrected chi connectivity index (χ0v) is 14.2. The van der Waals surface area contributed by atoms with Gasteiger partial charge >= 0.3 is 0 Å². The largest absolute Gasteiger partial charge is 0.340 e. The molecule has 1 saturated heterocycles. The topological polar surface area (TPSA) is 49.4 Å². The summed E-state index contributed by atoms with van der Waals surface area (Å²) in [6, 6.07) is 0. The van der Waals surface area contributed by atoms with Crippen molar-refractivity contribution < 1.29 is 9.59 Å². The fraction of sp³-hybridized carbons (Fsp3) is 0.882. The van der Waals surface area contributed by atoms with Crippen molar-refractivity contribution in [2.24, 2.45) is 11.8 Å². The lowest BCUT2D eigenvalue weighted by Crippen LogP contribution is -2.74. The van der Waals surface area contributed by atoms with Gasteiger partial charge in [0.1, 0.15) is 11.1 Å². The molecule has 1 aliphatic carbocycles. The third-order valence-electron chi connectivity index (χ3n) is 5.37. The van der Waals surface area contributed by atoms with Crippen LogP contribution in [0.5, 0.6) is 0 Å². The summed E-state index contributed by atoms with van der Waals surface area (Å²) in [5, 5.41) is 3.00. The van der Waals surface area contributed by atoms with Gasteiger partial charge in [-0.2, -0.15) is 0 Å². The molecule has 0 aromatic heterocycles. The summed E-state index contributed by atoms with van der Waals surface area (Å²) in [6.07, 6.45) is 4.81. The van der Waals surface area contributed by atoms with E-state index in [-0.39, 0.29) is 11.8 Å². The van der Waals surface area contributed by atoms with Gasteiger partial charge in [0.2, 0.25) is 11.8 Å². The molecule has 2 atom stereocenters. The molecule has 1 heterocycles. The quantitative estimate of drug-likeness (QED) is 0.819. The van der Waals surface area contributed by atoms with E-state index >= 15 is 0 Å². The maximum absolute atomic E-state index is 13.0. The van der Waals surface area contributed by atoms with Crippen molar-refractivity contribution in [3.8, 4) is 0 Å². The Morgan fingerprint density at radius 2 is 1.90 bits per heavy atom. The van der Waals surface area contributed by atoms with E-state index in [0.29, 0.717) is 24.8 Å². The Labute approximate surface area is 128 Å². The van der Waals surface area contributed by atoms with Crippen molar-refractivity contribution in [2.75, 3.05) is 6.54 Å². The molecule has 0 spiro atoms. The van der Waals surface area contributed by atoms with Gasteiger partial charge in [-0.1, -0.05) is 20.8 Å². The average Bonchev–Trinajstić information content (AvgIpc) is 3.25. The molecule has 1 N–H and O–H groups in total. The predicted octanol–water partition coefficient (Wildman–Crippen LogP) is 2.72. The van der Waals surface area contributed by atoms with Crippen LogP contribution in [0.15, 0.2) is 0 Å². The van der Waals surface area contributed by atoms with Crippen LogP contribution >= 0.6 is 0 Å². The highest BCUT2D eigenvalue weighted by molar-refractivity contribution is 6.02. The summed E-state index contributed by atoms with van der Waals surface area (Å²) in [7, 11) is 0. The first-order valence-corrected chi connectivity index (χ1v) is 8.40. The summed E-state index contributed by atoms with van der Waals surface area (Å²) < 4.78 is 0. The van der Waals surface area contributed by atoms with Crippen LogP contribution in [0.4, 0.5) is 0 Å². The van der Waals surface area contributed by atoms with E-state index in [0.717, 1.165) is 25.7 Å². The molecule has 21 heavy (non-hydrogen) atoms. The first-order chi connectivity index (χ1) is 9.75. The summed E-state index contributed by atoms with van der Waals surface area (Å²) in [5.41, 5.74) is -1.37. The molecule has 2 aliphatic rings. The smallest absolute Gasteiger partial charge is 0.248 e. The van der Waals surface area contributed by atoms with E-state index in [1.165, 1.54) is 0 Å². The number of amides is 2. The second-order valence-corrected chi connectivity index (χ2v) is 7.55. The average molecular weight is 294 g/mol. The minimum absolute atomic E-state index is 0.0403. The third-order valence-corrected chi connectivity index (χ3v) is 5.37. The number of hydrogen-bond acceptors (Lipinski definition) is 2. The Morgan fingerprint density at radius 1 is 1.29 bits per heavy atom. The highest BCUT2D eigenvalue weighted by Gasteiger charge is 2.59. The summed E-state index contributed by atoms with van der Waals surface area (Å²) in [4.78, 5) is 27.6. The van der Waals surface area contributed by atoms with E-state index in [9.17, 15) is 9.59 Å². The van der Waals surface area contributed by atoms with E-state index in [4.69, 9.17) is 0 Å². The first-order valence-electron chi connectivity index (χ1n) is 8.40. The fourth-order valence-electron chi connectivity index (χ4n) is 3.34. The Morgan fingerprint density at radius 3 is 2.38 bits per heavy atom. The Balaban J connectivity index is 2.23. The van der Waals surface area contributed by atoms with Crippen molar-refractivity contribution in [3.63, 3.8) is 0 Å². The van der Waals surface area contributed by atoms with Gasteiger partial charge in [-0.15, -0.1) is 0 Å². The molecule has 2 amide bonds. The molecule has 0 aromatic carbocycles. The molecule has 4 heteroatoms. The molecule has 120 valence electrons. The lowest BCUT2D eigenvalue weighted by atomic mass is 9.82. The van der Waals surface area contributed by atoms with E-state index in [1.54, 1.807) is 0 Å². The van der Waals surface area contributed by atoms with Crippen molar-refractivity contribution in [3.05, 3.63) is 0 Å². The number of nitrogens with one attached hydrogen (secondary N) is 1. The summed E-state index contributed by atoms with van der Waals surface area (Å²) >= 11 is 0. The van der Waals surface area contributed by atoms with Crippen molar-refractivity contribution in [1.29, 1.82) is 0 Å². The minimum Gasteiger partial charge on any atom is -0.340 e. The Kier molecular flexibility index (Phi) is 4.36. The molecule has 0 aromatic rings. The molecular weight excluding hydrogens is 264 g/mol. The van der Waals surface area contributed by atoms with Gasteiger partial charge in [-0.05, 0) is 57.8 Å². The number of hydrogen-bond donors (Lipinski definition) is 1. The Hall–Kier alpha value is -1.06. The van der Waals surface area contributed by atoms with Crippen LogP contribution in [0.25, 0.3) is 0 Å². The minimum atomic E-state index is -0.733. The van der Waals surface area contributed by atoms with E-state index in [1.807, 2.05) is 25.7 Å². The zero-order chi connectivity index (χ0) is 15.8. The molecule has 2 fully saturated rings. The summed E-state index contributed by atoms with van der Waals surface area (Å²) in [5.74, 6) is 1.10. The molecule has 0 radical (unpaired) electrons. The van der Waals surface area contributed by atoms with Crippen LogP contribution in [-0.4, -0.2) is 34.3 Å². The second-order valence-electron chi connectivity index (χ2n) is 7.55. The first kappa shape index (κ1) is 16.3. The molecule has 1 saturated carbocycles. The van der Waals surface area contributed by atoms with E-state index in [2.05, 4.69) is 19.2 Å². The van der Waals surface area contributed by atoms with Crippen LogP contribution < -0.4 is 5.32 Å². The highest BCUT2D eigenvalue weighted by Crippen LogP contribution is 2.46. The number of rotatable bonds is 6. The van der Waals surface area contributed by atoms with Crippen LogP contribution in [-0.2, 0) is 9.59 Å². The van der Waals surface area contributed by atoms with Crippen molar-refractivity contribution in [2.45, 2.75) is 77.8 Å². The predicted molar refractivity (Wildman–Crippen MR) is 83.8 cm³/mol. The van der Waals surface area contributed by atoms with Crippen molar-refractivity contribution in [1.82, 2.24) is 10.2 Å². The molecule has 2 rings (SSSR count). The lowest BCUT2D eigenvalue weighted by molar-refractivity contribution is -0.163. The van der Waals surface area contributed by atoms with Crippen LogP contribution in [0, 0.1) is 11.8 Å².